The number of carbonyl (C=O) groups excluding carboxylic acids is 1. The number of benzene rings is 1. The molecule has 0 saturated heterocycles. The zero-order chi connectivity index (χ0) is 13.0. The molecule has 0 heterocycles. The van der Waals surface area contributed by atoms with Crippen LogP contribution in [0.4, 0.5) is 8.78 Å². The molecule has 1 aromatic carbocycles. The Bertz CT molecular complexity index is 414. The Labute approximate surface area is 106 Å². The predicted octanol–water partition coefficient (Wildman–Crippen LogP) is 2.49. The summed E-state index contributed by atoms with van der Waals surface area (Å²) in [7, 11) is 0. The minimum absolute atomic E-state index is 0.0658. The van der Waals surface area contributed by atoms with Gasteiger partial charge in [-0.1, -0.05) is 15.9 Å². The number of rotatable bonds is 4. The van der Waals surface area contributed by atoms with E-state index in [1.54, 1.807) is 6.92 Å². The summed E-state index contributed by atoms with van der Waals surface area (Å²) in [5.74, 6) is -1.59. The highest BCUT2D eigenvalue weighted by Crippen LogP contribution is 2.26. The van der Waals surface area contributed by atoms with Gasteiger partial charge in [-0.25, -0.2) is 13.6 Å². The number of hydrogen-bond donors (Lipinski definition) is 1. The smallest absolute Gasteiger partial charge is 0.342 e. The third kappa shape index (κ3) is 3.47. The molecule has 17 heavy (non-hydrogen) atoms. The number of alkyl halides is 1. The van der Waals surface area contributed by atoms with Gasteiger partial charge in [0.2, 0.25) is 6.17 Å². The lowest BCUT2D eigenvalue weighted by Crippen LogP contribution is -2.31. The average Bonchev–Trinajstić information content (AvgIpc) is 2.30. The standard InChI is InChI=1S/C11H12BrF2NO2/c1-2-17-11(16)9(14)10(15)7-5-6(13)3-4-8(7)12/h3-5,9-10H,2,15H2,1H3/t9?,10-/m1/s1. The van der Waals surface area contributed by atoms with Gasteiger partial charge in [-0.3, -0.25) is 0 Å². The molecule has 0 fully saturated rings. The first-order chi connectivity index (χ1) is 7.97. The largest absolute Gasteiger partial charge is 0.464 e. The summed E-state index contributed by atoms with van der Waals surface area (Å²) >= 11 is 3.12. The first kappa shape index (κ1) is 14.1. The van der Waals surface area contributed by atoms with Gasteiger partial charge in [0.05, 0.1) is 12.6 Å². The fraction of sp³-hybridized carbons (Fsp3) is 0.364. The molecule has 0 aliphatic rings. The van der Waals surface area contributed by atoms with Crippen LogP contribution in [0.25, 0.3) is 0 Å². The zero-order valence-corrected chi connectivity index (χ0v) is 10.7. The molecule has 2 N–H and O–H groups in total. The average molecular weight is 308 g/mol. The van der Waals surface area contributed by atoms with E-state index >= 15 is 0 Å². The van der Waals surface area contributed by atoms with Gasteiger partial charge in [0.15, 0.2) is 0 Å². The van der Waals surface area contributed by atoms with E-state index in [1.807, 2.05) is 0 Å². The molecule has 0 amide bonds. The monoisotopic (exact) mass is 307 g/mol. The molecule has 0 aromatic heterocycles. The predicted molar refractivity (Wildman–Crippen MR) is 62.6 cm³/mol. The van der Waals surface area contributed by atoms with Gasteiger partial charge < -0.3 is 10.5 Å². The molecule has 0 aliphatic heterocycles. The minimum atomic E-state index is -2.02. The van der Waals surface area contributed by atoms with E-state index in [4.69, 9.17) is 5.73 Å². The summed E-state index contributed by atoms with van der Waals surface area (Å²) in [6.07, 6.45) is -2.02. The quantitative estimate of drug-likeness (QED) is 0.870. The molecular formula is C11H12BrF2NO2. The van der Waals surface area contributed by atoms with E-state index in [9.17, 15) is 13.6 Å². The van der Waals surface area contributed by atoms with Crippen molar-refractivity contribution in [1.29, 1.82) is 0 Å². The van der Waals surface area contributed by atoms with E-state index < -0.39 is 24.0 Å². The summed E-state index contributed by atoms with van der Waals surface area (Å²) in [6, 6.07) is 2.43. The van der Waals surface area contributed by atoms with Crippen LogP contribution in [0.3, 0.4) is 0 Å². The zero-order valence-electron chi connectivity index (χ0n) is 9.12. The lowest BCUT2D eigenvalue weighted by Gasteiger charge is -2.17. The molecular weight excluding hydrogens is 296 g/mol. The van der Waals surface area contributed by atoms with E-state index in [-0.39, 0.29) is 12.2 Å². The summed E-state index contributed by atoms with van der Waals surface area (Å²) in [4.78, 5) is 11.2. The highest BCUT2D eigenvalue weighted by molar-refractivity contribution is 9.10. The highest BCUT2D eigenvalue weighted by Gasteiger charge is 2.29. The van der Waals surface area contributed by atoms with Gasteiger partial charge in [-0.2, -0.15) is 0 Å². The fourth-order valence-corrected chi connectivity index (χ4v) is 1.81. The highest BCUT2D eigenvalue weighted by atomic mass is 79.9. The molecule has 1 unspecified atom stereocenters. The maximum absolute atomic E-state index is 13.6. The van der Waals surface area contributed by atoms with Crippen LogP contribution in [-0.2, 0) is 9.53 Å². The van der Waals surface area contributed by atoms with Crippen LogP contribution in [0.2, 0.25) is 0 Å². The van der Waals surface area contributed by atoms with Gasteiger partial charge in [-0.05, 0) is 30.7 Å². The number of esters is 1. The van der Waals surface area contributed by atoms with Gasteiger partial charge in [0, 0.05) is 4.47 Å². The second-order valence-corrected chi connectivity index (χ2v) is 4.20. The maximum Gasteiger partial charge on any atom is 0.342 e. The first-order valence-electron chi connectivity index (χ1n) is 4.98. The Morgan fingerprint density at radius 1 is 1.59 bits per heavy atom. The molecule has 3 nitrogen and oxygen atoms in total. The maximum atomic E-state index is 13.6. The normalized spacial score (nSPS) is 14.2. The van der Waals surface area contributed by atoms with Crippen LogP contribution in [0.15, 0.2) is 22.7 Å². The number of nitrogens with two attached hydrogens (primary N) is 1. The SMILES string of the molecule is CCOC(=O)C(F)[C@H](N)c1cc(F)ccc1Br. The van der Waals surface area contributed by atoms with E-state index in [2.05, 4.69) is 20.7 Å². The lowest BCUT2D eigenvalue weighted by molar-refractivity contribution is -0.149. The number of carbonyl (C=O) groups is 1. The Kier molecular flexibility index (Phi) is 5.02. The van der Waals surface area contributed by atoms with Crippen LogP contribution in [0.1, 0.15) is 18.5 Å². The third-order valence-corrected chi connectivity index (χ3v) is 2.87. The van der Waals surface area contributed by atoms with Crippen molar-refractivity contribution >= 4 is 21.9 Å². The summed E-state index contributed by atoms with van der Waals surface area (Å²) in [6.45, 7) is 1.63. The first-order valence-corrected chi connectivity index (χ1v) is 5.78. The van der Waals surface area contributed by atoms with Crippen molar-refractivity contribution in [2.24, 2.45) is 5.73 Å². The van der Waals surface area contributed by atoms with Gasteiger partial charge >= 0.3 is 5.97 Å². The topological polar surface area (TPSA) is 52.3 Å². The van der Waals surface area contributed by atoms with Crippen LogP contribution in [-0.4, -0.2) is 18.7 Å². The Balaban J connectivity index is 2.91. The van der Waals surface area contributed by atoms with Crippen molar-refractivity contribution in [3.63, 3.8) is 0 Å². The molecule has 0 spiro atoms. The second-order valence-electron chi connectivity index (χ2n) is 3.35. The fourth-order valence-electron chi connectivity index (χ4n) is 1.30. The van der Waals surface area contributed by atoms with E-state index in [1.165, 1.54) is 12.1 Å². The lowest BCUT2D eigenvalue weighted by atomic mass is 10.0. The summed E-state index contributed by atoms with van der Waals surface area (Å²) < 4.78 is 31.6. The minimum Gasteiger partial charge on any atom is -0.464 e. The Morgan fingerprint density at radius 2 is 2.24 bits per heavy atom. The van der Waals surface area contributed by atoms with Gasteiger partial charge in [-0.15, -0.1) is 0 Å². The van der Waals surface area contributed by atoms with E-state index in [0.717, 1.165) is 6.07 Å². The molecule has 2 atom stereocenters. The third-order valence-electron chi connectivity index (χ3n) is 2.14. The molecule has 0 bridgehead atoms. The molecule has 6 heteroatoms. The van der Waals surface area contributed by atoms with Crippen molar-refractivity contribution in [1.82, 2.24) is 0 Å². The molecule has 94 valence electrons. The van der Waals surface area contributed by atoms with Crippen LogP contribution in [0.5, 0.6) is 0 Å². The van der Waals surface area contributed by atoms with Crippen molar-refractivity contribution in [2.75, 3.05) is 6.61 Å². The number of hydrogen-bond acceptors (Lipinski definition) is 3. The summed E-state index contributed by atoms with van der Waals surface area (Å²) in [5.41, 5.74) is 5.75. The summed E-state index contributed by atoms with van der Waals surface area (Å²) in [5, 5.41) is 0. The van der Waals surface area contributed by atoms with Crippen molar-refractivity contribution in [2.45, 2.75) is 19.1 Å². The van der Waals surface area contributed by atoms with Crippen LogP contribution in [0, 0.1) is 5.82 Å². The van der Waals surface area contributed by atoms with Crippen molar-refractivity contribution in [3.8, 4) is 0 Å². The molecule has 0 aliphatic carbocycles. The van der Waals surface area contributed by atoms with Crippen molar-refractivity contribution in [3.05, 3.63) is 34.1 Å². The molecule has 1 rings (SSSR count). The van der Waals surface area contributed by atoms with Crippen molar-refractivity contribution < 1.29 is 18.3 Å². The van der Waals surface area contributed by atoms with Crippen LogP contribution < -0.4 is 5.73 Å². The van der Waals surface area contributed by atoms with Crippen LogP contribution >= 0.6 is 15.9 Å². The molecule has 0 radical (unpaired) electrons. The second kappa shape index (κ2) is 6.07. The molecule has 1 aromatic rings. The number of ether oxygens (including phenoxy) is 1. The van der Waals surface area contributed by atoms with E-state index in [0.29, 0.717) is 4.47 Å². The van der Waals surface area contributed by atoms with Gasteiger partial charge in [0.1, 0.15) is 5.82 Å². The Hall–Kier alpha value is -1.01. The molecule has 0 saturated carbocycles. The Morgan fingerprint density at radius 3 is 2.82 bits per heavy atom. The number of halogens is 3. The van der Waals surface area contributed by atoms with Gasteiger partial charge in [0.25, 0.3) is 0 Å².